The number of carbonyl (C=O) groups is 3. The number of cyclic esters (lactones) is 1. The summed E-state index contributed by atoms with van der Waals surface area (Å²) >= 11 is 0. The Bertz CT molecular complexity index is 1360. The number of carbonyl (C=O) groups excluding carboxylic acids is 3. The number of amides is 3. The molecule has 1 saturated heterocycles. The summed E-state index contributed by atoms with van der Waals surface area (Å²) in [5.41, 5.74) is 2.93. The number of ether oxygens (including phenoxy) is 1. The number of furan rings is 1. The molecule has 37 heavy (non-hydrogen) atoms. The molecule has 186 valence electrons. The van der Waals surface area contributed by atoms with Gasteiger partial charge in [-0.3, -0.25) is 19.5 Å². The molecule has 1 aliphatic rings. The largest absolute Gasteiger partial charge is 0.459 e. The van der Waals surface area contributed by atoms with E-state index in [9.17, 15) is 14.4 Å². The lowest BCUT2D eigenvalue weighted by Gasteiger charge is -2.24. The molecule has 9 heteroatoms. The second kappa shape index (κ2) is 10.8. The van der Waals surface area contributed by atoms with Gasteiger partial charge in [0.1, 0.15) is 0 Å². The molecule has 9 nitrogen and oxygen atoms in total. The van der Waals surface area contributed by atoms with Gasteiger partial charge in [-0.05, 0) is 53.1 Å². The third-order valence-corrected chi connectivity index (χ3v) is 6.01. The van der Waals surface area contributed by atoms with Gasteiger partial charge in [0.2, 0.25) is 5.91 Å². The Kier molecular flexibility index (Phi) is 6.93. The molecule has 0 spiro atoms. The lowest BCUT2D eigenvalue weighted by molar-refractivity contribution is -0.126. The van der Waals surface area contributed by atoms with E-state index in [0.29, 0.717) is 11.3 Å². The van der Waals surface area contributed by atoms with Crippen molar-refractivity contribution < 1.29 is 23.5 Å². The third kappa shape index (κ3) is 5.51. The van der Waals surface area contributed by atoms with Gasteiger partial charge in [0.25, 0.3) is 5.91 Å². The van der Waals surface area contributed by atoms with Gasteiger partial charge in [0.05, 0.1) is 12.8 Å². The smallest absolute Gasteiger partial charge is 0.411 e. The standard InChI is InChI=1S/C28H24N4O5/c33-26(23-7-4-16-36-23)31-22-10-8-21(9-11-22)25-24(27(34)30-17-19-12-14-29-15-13-19)32(28(35)37-25)18-20-5-2-1-3-6-20/h1-16,24-25H,17-18H2,(H,30,34)(H,31,33). The first kappa shape index (κ1) is 23.8. The minimum atomic E-state index is -0.891. The molecule has 0 bridgehead atoms. The van der Waals surface area contributed by atoms with Crippen LogP contribution in [0.15, 0.2) is 102 Å². The summed E-state index contributed by atoms with van der Waals surface area (Å²) in [6.07, 6.45) is 3.32. The molecule has 3 heterocycles. The highest BCUT2D eigenvalue weighted by Gasteiger charge is 2.46. The molecule has 0 aliphatic carbocycles. The Hall–Kier alpha value is -4.92. The number of nitrogens with zero attached hydrogens (tertiary/aromatic N) is 2. The Morgan fingerprint density at radius 1 is 0.892 bits per heavy atom. The molecular formula is C28H24N4O5. The summed E-state index contributed by atoms with van der Waals surface area (Å²) < 4.78 is 10.8. The topological polar surface area (TPSA) is 114 Å². The number of hydrogen-bond acceptors (Lipinski definition) is 6. The van der Waals surface area contributed by atoms with Crippen LogP contribution >= 0.6 is 0 Å². The van der Waals surface area contributed by atoms with Gasteiger partial charge in [-0.25, -0.2) is 4.79 Å². The van der Waals surface area contributed by atoms with Crippen LogP contribution in [-0.2, 0) is 22.6 Å². The maximum atomic E-state index is 13.4. The van der Waals surface area contributed by atoms with Gasteiger partial charge >= 0.3 is 6.09 Å². The van der Waals surface area contributed by atoms with Crippen molar-refractivity contribution >= 4 is 23.6 Å². The fourth-order valence-electron chi connectivity index (χ4n) is 4.14. The average Bonchev–Trinajstić information content (AvgIpc) is 3.58. The first-order chi connectivity index (χ1) is 18.1. The molecule has 2 aromatic heterocycles. The Labute approximate surface area is 213 Å². The van der Waals surface area contributed by atoms with E-state index in [1.54, 1.807) is 48.8 Å². The second-order valence-electron chi connectivity index (χ2n) is 8.49. The predicted octanol–water partition coefficient (Wildman–Crippen LogP) is 4.31. The van der Waals surface area contributed by atoms with E-state index in [-0.39, 0.29) is 30.7 Å². The zero-order chi connectivity index (χ0) is 25.6. The molecular weight excluding hydrogens is 472 g/mol. The zero-order valence-electron chi connectivity index (χ0n) is 19.7. The number of nitrogens with one attached hydrogen (secondary N) is 2. The summed E-state index contributed by atoms with van der Waals surface area (Å²) in [5, 5.41) is 5.67. The van der Waals surface area contributed by atoms with Crippen LogP contribution in [0.2, 0.25) is 0 Å². The number of anilines is 1. The fourth-order valence-corrected chi connectivity index (χ4v) is 4.14. The van der Waals surface area contributed by atoms with Gasteiger partial charge in [0.15, 0.2) is 17.9 Å². The average molecular weight is 497 g/mol. The molecule has 0 saturated carbocycles. The molecule has 5 rings (SSSR count). The van der Waals surface area contributed by atoms with Crippen LogP contribution in [0, 0.1) is 0 Å². The van der Waals surface area contributed by atoms with Crippen LogP contribution in [0.1, 0.15) is 33.3 Å². The monoisotopic (exact) mass is 496 g/mol. The molecule has 4 aromatic rings. The molecule has 2 atom stereocenters. The summed E-state index contributed by atoms with van der Waals surface area (Å²) in [4.78, 5) is 44.1. The lowest BCUT2D eigenvalue weighted by atomic mass is 10.00. The van der Waals surface area contributed by atoms with Crippen molar-refractivity contribution in [1.29, 1.82) is 0 Å². The molecule has 1 fully saturated rings. The first-order valence-electron chi connectivity index (χ1n) is 11.7. The Balaban J connectivity index is 1.36. The second-order valence-corrected chi connectivity index (χ2v) is 8.49. The highest BCUT2D eigenvalue weighted by molar-refractivity contribution is 6.02. The van der Waals surface area contributed by atoms with Crippen molar-refractivity contribution in [2.24, 2.45) is 0 Å². The Morgan fingerprint density at radius 3 is 2.35 bits per heavy atom. The van der Waals surface area contributed by atoms with E-state index < -0.39 is 18.2 Å². The summed E-state index contributed by atoms with van der Waals surface area (Å²) in [6.45, 7) is 0.510. The summed E-state index contributed by atoms with van der Waals surface area (Å²) in [6, 6.07) is 22.2. The SMILES string of the molecule is O=C(Nc1ccc(C2OC(=O)N(Cc3ccccc3)C2C(=O)NCc2ccncc2)cc1)c1ccco1. The quantitative estimate of drug-likeness (QED) is 0.376. The van der Waals surface area contributed by atoms with Crippen molar-refractivity contribution in [2.75, 3.05) is 5.32 Å². The normalized spacial score (nSPS) is 16.8. The van der Waals surface area contributed by atoms with Gasteiger partial charge < -0.3 is 19.8 Å². The van der Waals surface area contributed by atoms with Crippen molar-refractivity contribution in [3.8, 4) is 0 Å². The highest BCUT2D eigenvalue weighted by atomic mass is 16.6. The van der Waals surface area contributed by atoms with Crippen molar-refractivity contribution in [2.45, 2.75) is 25.2 Å². The van der Waals surface area contributed by atoms with Gasteiger partial charge in [-0.1, -0.05) is 42.5 Å². The zero-order valence-corrected chi connectivity index (χ0v) is 19.7. The number of rotatable bonds is 8. The van der Waals surface area contributed by atoms with E-state index in [4.69, 9.17) is 9.15 Å². The predicted molar refractivity (Wildman–Crippen MR) is 134 cm³/mol. The van der Waals surface area contributed by atoms with E-state index in [1.807, 2.05) is 42.5 Å². The first-order valence-corrected chi connectivity index (χ1v) is 11.7. The van der Waals surface area contributed by atoms with Crippen LogP contribution in [0.5, 0.6) is 0 Å². The maximum absolute atomic E-state index is 13.4. The molecule has 0 radical (unpaired) electrons. The molecule has 2 N–H and O–H groups in total. The molecule has 1 aliphatic heterocycles. The van der Waals surface area contributed by atoms with Crippen molar-refractivity contribution in [3.63, 3.8) is 0 Å². The summed E-state index contributed by atoms with van der Waals surface area (Å²) in [5.74, 6) is -0.525. The van der Waals surface area contributed by atoms with Crippen LogP contribution in [0.4, 0.5) is 10.5 Å². The minimum absolute atomic E-state index is 0.191. The molecule has 2 unspecified atom stereocenters. The maximum Gasteiger partial charge on any atom is 0.411 e. The third-order valence-electron chi connectivity index (χ3n) is 6.01. The van der Waals surface area contributed by atoms with Crippen LogP contribution in [0.3, 0.4) is 0 Å². The van der Waals surface area contributed by atoms with E-state index in [0.717, 1.165) is 11.1 Å². The number of pyridine rings is 1. The number of hydrogen-bond donors (Lipinski definition) is 2. The van der Waals surface area contributed by atoms with Crippen LogP contribution in [-0.4, -0.2) is 33.8 Å². The van der Waals surface area contributed by atoms with Crippen molar-refractivity contribution in [1.82, 2.24) is 15.2 Å². The molecule has 2 aromatic carbocycles. The van der Waals surface area contributed by atoms with E-state index in [1.165, 1.54) is 11.2 Å². The van der Waals surface area contributed by atoms with Crippen molar-refractivity contribution in [3.05, 3.63) is 120 Å². The van der Waals surface area contributed by atoms with Gasteiger partial charge in [-0.15, -0.1) is 0 Å². The Morgan fingerprint density at radius 2 is 1.65 bits per heavy atom. The van der Waals surface area contributed by atoms with Gasteiger partial charge in [0, 0.05) is 24.6 Å². The summed E-state index contributed by atoms with van der Waals surface area (Å²) in [7, 11) is 0. The van der Waals surface area contributed by atoms with E-state index in [2.05, 4.69) is 15.6 Å². The molecule has 3 amide bonds. The fraction of sp³-hybridized carbons (Fsp3) is 0.143. The number of benzene rings is 2. The van der Waals surface area contributed by atoms with Crippen LogP contribution < -0.4 is 10.6 Å². The van der Waals surface area contributed by atoms with Crippen LogP contribution in [0.25, 0.3) is 0 Å². The van der Waals surface area contributed by atoms with E-state index >= 15 is 0 Å². The lowest BCUT2D eigenvalue weighted by Crippen LogP contribution is -2.46. The van der Waals surface area contributed by atoms with Gasteiger partial charge in [-0.2, -0.15) is 0 Å². The highest BCUT2D eigenvalue weighted by Crippen LogP contribution is 2.34. The number of aromatic nitrogens is 1. The minimum Gasteiger partial charge on any atom is -0.459 e.